The summed E-state index contributed by atoms with van der Waals surface area (Å²) in [6, 6.07) is 7.41. The first-order valence-electron chi connectivity index (χ1n) is 6.93. The van der Waals surface area contributed by atoms with Gasteiger partial charge in [0.05, 0.1) is 6.61 Å². The average molecular weight is 322 g/mol. The van der Waals surface area contributed by atoms with Crippen LogP contribution in [0.1, 0.15) is 5.56 Å². The molecule has 1 aromatic carbocycles. The van der Waals surface area contributed by atoms with Gasteiger partial charge in [-0.3, -0.25) is 0 Å². The van der Waals surface area contributed by atoms with Crippen LogP contribution in [0.3, 0.4) is 0 Å². The van der Waals surface area contributed by atoms with Gasteiger partial charge in [0, 0.05) is 36.6 Å². The largest absolute Gasteiger partial charge is 0.383 e. The summed E-state index contributed by atoms with van der Waals surface area (Å²) in [6.45, 7) is 2.98. The van der Waals surface area contributed by atoms with Crippen LogP contribution in [-0.4, -0.2) is 36.3 Å². The van der Waals surface area contributed by atoms with Gasteiger partial charge in [-0.2, -0.15) is 4.98 Å². The monoisotopic (exact) mass is 321 g/mol. The summed E-state index contributed by atoms with van der Waals surface area (Å²) < 4.78 is 4.99. The number of nitrogens with one attached hydrogen (secondary N) is 2. The van der Waals surface area contributed by atoms with Crippen molar-refractivity contribution in [3.8, 4) is 0 Å². The van der Waals surface area contributed by atoms with Gasteiger partial charge in [0.25, 0.3) is 0 Å². The first-order valence-corrected chi connectivity index (χ1v) is 7.31. The lowest BCUT2D eigenvalue weighted by molar-refractivity contribution is 0.183. The summed E-state index contributed by atoms with van der Waals surface area (Å²) in [6.07, 6.45) is 1.68. The highest BCUT2D eigenvalue weighted by Crippen LogP contribution is 2.22. The van der Waals surface area contributed by atoms with Gasteiger partial charge < -0.3 is 21.1 Å². The highest BCUT2D eigenvalue weighted by molar-refractivity contribution is 6.31. The molecule has 0 unspecified atom stereocenters. The van der Waals surface area contributed by atoms with Crippen molar-refractivity contribution in [2.45, 2.75) is 13.0 Å². The van der Waals surface area contributed by atoms with Crippen LogP contribution in [-0.2, 0) is 4.74 Å². The SMILES string of the molecule is COC[C@H](N)CNc1nccc(Nc2ccc(Cl)c(C)c2)n1. The maximum absolute atomic E-state index is 6.02. The fourth-order valence-corrected chi connectivity index (χ4v) is 2.00. The molecular formula is C15H20ClN5O. The number of anilines is 3. The Hall–Kier alpha value is -1.89. The second kappa shape index (κ2) is 7.93. The average Bonchev–Trinajstić information content (AvgIpc) is 2.50. The molecule has 1 atom stereocenters. The summed E-state index contributed by atoms with van der Waals surface area (Å²) in [4.78, 5) is 8.55. The number of hydrogen-bond acceptors (Lipinski definition) is 6. The van der Waals surface area contributed by atoms with Gasteiger partial charge in [0.15, 0.2) is 0 Å². The van der Waals surface area contributed by atoms with Crippen LogP contribution in [0.2, 0.25) is 5.02 Å². The van der Waals surface area contributed by atoms with Crippen molar-refractivity contribution in [3.05, 3.63) is 41.0 Å². The van der Waals surface area contributed by atoms with Crippen LogP contribution in [0.15, 0.2) is 30.5 Å². The van der Waals surface area contributed by atoms with Crippen molar-refractivity contribution in [1.29, 1.82) is 0 Å². The van der Waals surface area contributed by atoms with Gasteiger partial charge in [-0.25, -0.2) is 4.98 Å². The lowest BCUT2D eigenvalue weighted by atomic mass is 10.2. The standard InChI is InChI=1S/C15H20ClN5O/c1-10-7-12(3-4-13(10)16)20-14-5-6-18-15(21-14)19-8-11(17)9-22-2/h3-7,11H,8-9,17H2,1-2H3,(H2,18,19,20,21)/t11-/m1/s1. The Balaban J connectivity index is 2.00. The molecule has 118 valence electrons. The number of benzene rings is 1. The highest BCUT2D eigenvalue weighted by atomic mass is 35.5. The minimum Gasteiger partial charge on any atom is -0.383 e. The molecule has 0 bridgehead atoms. The first kappa shape index (κ1) is 16.5. The molecule has 0 saturated heterocycles. The lowest BCUT2D eigenvalue weighted by Gasteiger charge is -2.12. The van der Waals surface area contributed by atoms with E-state index in [2.05, 4.69) is 20.6 Å². The number of halogens is 1. The number of hydrogen-bond donors (Lipinski definition) is 3. The van der Waals surface area contributed by atoms with Crippen molar-refractivity contribution >= 4 is 29.1 Å². The number of nitrogens with zero attached hydrogens (tertiary/aromatic N) is 2. The summed E-state index contributed by atoms with van der Waals surface area (Å²) >= 11 is 6.02. The van der Waals surface area contributed by atoms with Gasteiger partial charge in [0.1, 0.15) is 5.82 Å². The van der Waals surface area contributed by atoms with Crippen molar-refractivity contribution in [2.75, 3.05) is 30.9 Å². The van der Waals surface area contributed by atoms with Crippen molar-refractivity contribution in [1.82, 2.24) is 9.97 Å². The van der Waals surface area contributed by atoms with Crippen LogP contribution in [0.5, 0.6) is 0 Å². The van der Waals surface area contributed by atoms with E-state index >= 15 is 0 Å². The van der Waals surface area contributed by atoms with E-state index < -0.39 is 0 Å². The Morgan fingerprint density at radius 1 is 1.36 bits per heavy atom. The number of nitrogens with two attached hydrogens (primary N) is 1. The molecule has 1 heterocycles. The maximum Gasteiger partial charge on any atom is 0.224 e. The molecule has 0 aliphatic carbocycles. The van der Waals surface area contributed by atoms with Gasteiger partial charge >= 0.3 is 0 Å². The molecule has 0 radical (unpaired) electrons. The van der Waals surface area contributed by atoms with Crippen LogP contribution < -0.4 is 16.4 Å². The number of aryl methyl sites for hydroxylation is 1. The minimum absolute atomic E-state index is 0.107. The first-order chi connectivity index (χ1) is 10.6. The van der Waals surface area contributed by atoms with Gasteiger partial charge in [-0.05, 0) is 36.8 Å². The molecule has 4 N–H and O–H groups in total. The third kappa shape index (κ3) is 4.84. The number of rotatable bonds is 7. The zero-order valence-corrected chi connectivity index (χ0v) is 13.4. The fourth-order valence-electron chi connectivity index (χ4n) is 1.88. The Morgan fingerprint density at radius 3 is 2.91 bits per heavy atom. The Kier molecular flexibility index (Phi) is 5.94. The number of ether oxygens (including phenoxy) is 1. The van der Waals surface area contributed by atoms with Crippen LogP contribution in [0.25, 0.3) is 0 Å². The number of methoxy groups -OCH3 is 1. The molecular weight excluding hydrogens is 302 g/mol. The fraction of sp³-hybridized carbons (Fsp3) is 0.333. The van der Waals surface area contributed by atoms with Gasteiger partial charge in [-0.1, -0.05) is 11.6 Å². The smallest absolute Gasteiger partial charge is 0.224 e. The van der Waals surface area contributed by atoms with E-state index in [0.29, 0.717) is 24.9 Å². The van der Waals surface area contributed by atoms with Gasteiger partial charge in [-0.15, -0.1) is 0 Å². The molecule has 1 aromatic heterocycles. The third-order valence-corrected chi connectivity index (χ3v) is 3.41. The van der Waals surface area contributed by atoms with Crippen molar-refractivity contribution in [3.63, 3.8) is 0 Å². The zero-order valence-electron chi connectivity index (χ0n) is 12.6. The van der Waals surface area contributed by atoms with E-state index in [4.69, 9.17) is 22.1 Å². The molecule has 0 saturated carbocycles. The van der Waals surface area contributed by atoms with E-state index in [1.807, 2.05) is 25.1 Å². The summed E-state index contributed by atoms with van der Waals surface area (Å²) in [7, 11) is 1.62. The van der Waals surface area contributed by atoms with E-state index in [0.717, 1.165) is 16.3 Å². The minimum atomic E-state index is -0.107. The van der Waals surface area contributed by atoms with Crippen LogP contribution in [0, 0.1) is 6.92 Å². The summed E-state index contributed by atoms with van der Waals surface area (Å²) in [5, 5.41) is 7.05. The van der Waals surface area contributed by atoms with Crippen LogP contribution >= 0.6 is 11.6 Å². The number of aromatic nitrogens is 2. The molecule has 0 aliphatic heterocycles. The molecule has 2 aromatic rings. The summed E-state index contributed by atoms with van der Waals surface area (Å²) in [5.41, 5.74) is 7.78. The quantitative estimate of drug-likeness (QED) is 0.726. The van der Waals surface area contributed by atoms with E-state index in [1.54, 1.807) is 19.4 Å². The van der Waals surface area contributed by atoms with E-state index in [1.165, 1.54) is 0 Å². The molecule has 2 rings (SSSR count). The zero-order chi connectivity index (χ0) is 15.9. The van der Waals surface area contributed by atoms with Crippen molar-refractivity contribution < 1.29 is 4.74 Å². The normalized spacial score (nSPS) is 12.0. The Labute approximate surface area is 135 Å². The van der Waals surface area contributed by atoms with Crippen molar-refractivity contribution in [2.24, 2.45) is 5.73 Å². The maximum atomic E-state index is 6.02. The predicted molar refractivity (Wildman–Crippen MR) is 89.8 cm³/mol. The molecule has 7 heteroatoms. The molecule has 6 nitrogen and oxygen atoms in total. The summed E-state index contributed by atoms with van der Waals surface area (Å²) in [5.74, 6) is 1.21. The van der Waals surface area contributed by atoms with Gasteiger partial charge in [0.2, 0.25) is 5.95 Å². The second-order valence-electron chi connectivity index (χ2n) is 4.95. The topological polar surface area (TPSA) is 85.1 Å². The lowest BCUT2D eigenvalue weighted by Crippen LogP contribution is -2.33. The highest BCUT2D eigenvalue weighted by Gasteiger charge is 2.04. The molecule has 0 aliphatic rings. The van der Waals surface area contributed by atoms with Crippen LogP contribution in [0.4, 0.5) is 17.5 Å². The molecule has 22 heavy (non-hydrogen) atoms. The second-order valence-corrected chi connectivity index (χ2v) is 5.36. The Bertz CT molecular complexity index is 623. The Morgan fingerprint density at radius 2 is 2.18 bits per heavy atom. The van der Waals surface area contributed by atoms with E-state index in [-0.39, 0.29) is 6.04 Å². The predicted octanol–water partition coefficient (Wildman–Crippen LogP) is 2.57. The molecule has 0 amide bonds. The third-order valence-electron chi connectivity index (χ3n) is 2.99. The molecule has 0 spiro atoms. The molecule has 0 fully saturated rings. The van der Waals surface area contributed by atoms with E-state index in [9.17, 15) is 0 Å².